The summed E-state index contributed by atoms with van der Waals surface area (Å²) in [6.45, 7) is 2.91. The number of carbonyl (C=O) groups excluding carboxylic acids is 2. The largest absolute Gasteiger partial charge is 0.496 e. The van der Waals surface area contributed by atoms with E-state index in [1.165, 1.54) is 19.2 Å². The minimum Gasteiger partial charge on any atom is -0.496 e. The highest BCUT2D eigenvalue weighted by Crippen LogP contribution is 2.28. The average molecular weight is 433 g/mol. The number of piperidine rings is 1. The number of ether oxygens (including phenoxy) is 1. The van der Waals surface area contributed by atoms with Crippen LogP contribution >= 0.6 is 11.6 Å². The highest BCUT2D eigenvalue weighted by atomic mass is 35.5. The predicted molar refractivity (Wildman–Crippen MR) is 114 cm³/mol. The van der Waals surface area contributed by atoms with Crippen molar-refractivity contribution >= 4 is 23.4 Å². The second-order valence-corrected chi connectivity index (χ2v) is 8.02. The Labute approximate surface area is 181 Å². The number of hydrogen-bond donors (Lipinski definition) is 0. The number of benzene rings is 2. The summed E-state index contributed by atoms with van der Waals surface area (Å²) in [6.07, 6.45) is 1.18. The van der Waals surface area contributed by atoms with Crippen molar-refractivity contribution in [1.29, 1.82) is 0 Å². The number of carbonyl (C=O) groups is 2. The standard InChI is InChI=1S/C23H26ClFN2O3/c1-15(16-4-7-19(25)8-5-16)26(2)22(28)17-10-12-27(13-11-17)23(29)20-14-18(24)6-9-21(20)30-3/h4-9,14-15,17H,10-13H2,1-3H3. The van der Waals surface area contributed by atoms with Gasteiger partial charge in [-0.25, -0.2) is 4.39 Å². The summed E-state index contributed by atoms with van der Waals surface area (Å²) in [6, 6.07) is 11.0. The Bertz CT molecular complexity index is 911. The van der Waals surface area contributed by atoms with Gasteiger partial charge >= 0.3 is 0 Å². The summed E-state index contributed by atoms with van der Waals surface area (Å²) < 4.78 is 18.5. The molecule has 2 aromatic carbocycles. The minimum absolute atomic E-state index is 0.0410. The molecular formula is C23H26ClFN2O3. The highest BCUT2D eigenvalue weighted by molar-refractivity contribution is 6.31. The first kappa shape index (κ1) is 22.1. The Morgan fingerprint density at radius 2 is 1.80 bits per heavy atom. The van der Waals surface area contributed by atoms with Gasteiger partial charge in [-0.15, -0.1) is 0 Å². The molecule has 160 valence electrons. The molecule has 0 aromatic heterocycles. The van der Waals surface area contributed by atoms with Gasteiger partial charge in [0, 0.05) is 31.1 Å². The number of hydrogen-bond acceptors (Lipinski definition) is 3. The molecule has 1 aliphatic rings. The van der Waals surface area contributed by atoms with E-state index in [4.69, 9.17) is 16.3 Å². The molecule has 0 N–H and O–H groups in total. The first-order valence-electron chi connectivity index (χ1n) is 9.96. The van der Waals surface area contributed by atoms with Gasteiger partial charge in [-0.1, -0.05) is 23.7 Å². The lowest BCUT2D eigenvalue weighted by molar-refractivity contribution is -0.137. The van der Waals surface area contributed by atoms with Crippen molar-refractivity contribution in [2.75, 3.05) is 27.2 Å². The molecule has 5 nitrogen and oxygen atoms in total. The maximum atomic E-state index is 13.2. The normalized spacial score (nSPS) is 15.6. The number of methoxy groups -OCH3 is 1. The van der Waals surface area contributed by atoms with E-state index in [1.54, 1.807) is 47.2 Å². The summed E-state index contributed by atoms with van der Waals surface area (Å²) in [5.74, 6) is -0.0699. The Morgan fingerprint density at radius 1 is 1.17 bits per heavy atom. The van der Waals surface area contributed by atoms with Crippen molar-refractivity contribution in [1.82, 2.24) is 9.80 Å². The molecule has 7 heteroatoms. The first-order chi connectivity index (χ1) is 14.3. The molecule has 1 unspecified atom stereocenters. The fourth-order valence-corrected chi connectivity index (χ4v) is 3.96. The molecule has 30 heavy (non-hydrogen) atoms. The Hall–Kier alpha value is -2.60. The maximum absolute atomic E-state index is 13.2. The predicted octanol–water partition coefficient (Wildman–Crippen LogP) is 4.56. The van der Waals surface area contributed by atoms with E-state index >= 15 is 0 Å². The van der Waals surface area contributed by atoms with Gasteiger partial charge in [0.2, 0.25) is 5.91 Å². The van der Waals surface area contributed by atoms with E-state index in [-0.39, 0.29) is 29.6 Å². The molecule has 1 saturated heterocycles. The van der Waals surface area contributed by atoms with Crippen LogP contribution in [-0.2, 0) is 4.79 Å². The highest BCUT2D eigenvalue weighted by Gasteiger charge is 2.32. The van der Waals surface area contributed by atoms with E-state index in [0.717, 1.165) is 5.56 Å². The van der Waals surface area contributed by atoms with Gasteiger partial charge in [-0.05, 0) is 55.7 Å². The van der Waals surface area contributed by atoms with E-state index in [9.17, 15) is 14.0 Å². The average Bonchev–Trinajstić information content (AvgIpc) is 2.77. The summed E-state index contributed by atoms with van der Waals surface area (Å²) >= 11 is 6.05. The van der Waals surface area contributed by atoms with Gasteiger partial charge in [0.15, 0.2) is 0 Å². The van der Waals surface area contributed by atoms with Crippen molar-refractivity contribution in [3.05, 3.63) is 64.4 Å². The Balaban J connectivity index is 1.62. The van der Waals surface area contributed by atoms with Crippen LogP contribution in [0.15, 0.2) is 42.5 Å². The second kappa shape index (κ2) is 9.47. The van der Waals surface area contributed by atoms with Gasteiger partial charge in [0.25, 0.3) is 5.91 Å². The van der Waals surface area contributed by atoms with Gasteiger partial charge in [-0.2, -0.15) is 0 Å². The van der Waals surface area contributed by atoms with Gasteiger partial charge < -0.3 is 14.5 Å². The summed E-state index contributed by atoms with van der Waals surface area (Å²) in [5.41, 5.74) is 1.31. The lowest BCUT2D eigenvalue weighted by Gasteiger charge is -2.35. The zero-order valence-electron chi connectivity index (χ0n) is 17.4. The minimum atomic E-state index is -0.298. The molecule has 2 aromatic rings. The van der Waals surface area contributed by atoms with Crippen molar-refractivity contribution in [3.63, 3.8) is 0 Å². The third-order valence-corrected chi connectivity index (χ3v) is 6.04. The topological polar surface area (TPSA) is 49.9 Å². The van der Waals surface area contributed by atoms with Crippen LogP contribution in [0.5, 0.6) is 5.75 Å². The zero-order chi connectivity index (χ0) is 21.8. The lowest BCUT2D eigenvalue weighted by atomic mass is 9.93. The molecule has 0 radical (unpaired) electrons. The molecule has 1 heterocycles. The molecule has 2 amide bonds. The summed E-state index contributed by atoms with van der Waals surface area (Å²) in [4.78, 5) is 29.3. The van der Waals surface area contributed by atoms with Crippen LogP contribution in [-0.4, -0.2) is 48.9 Å². The number of halogens is 2. The molecule has 1 fully saturated rings. The van der Waals surface area contributed by atoms with Crippen LogP contribution < -0.4 is 4.74 Å². The van der Waals surface area contributed by atoms with Crippen molar-refractivity contribution < 1.29 is 18.7 Å². The van der Waals surface area contributed by atoms with Gasteiger partial charge in [-0.3, -0.25) is 9.59 Å². The van der Waals surface area contributed by atoms with E-state index < -0.39 is 0 Å². The second-order valence-electron chi connectivity index (χ2n) is 7.59. The molecule has 1 aliphatic heterocycles. The first-order valence-corrected chi connectivity index (χ1v) is 10.3. The molecular weight excluding hydrogens is 407 g/mol. The summed E-state index contributed by atoms with van der Waals surface area (Å²) in [5, 5.41) is 0.473. The monoisotopic (exact) mass is 432 g/mol. The Kier molecular flexibility index (Phi) is 6.98. The van der Waals surface area contributed by atoms with E-state index in [1.807, 2.05) is 6.92 Å². The molecule has 0 bridgehead atoms. The molecule has 1 atom stereocenters. The molecule has 0 spiro atoms. The molecule has 0 saturated carbocycles. The lowest BCUT2D eigenvalue weighted by Crippen LogP contribution is -2.44. The van der Waals surface area contributed by atoms with Crippen LogP contribution in [0.3, 0.4) is 0 Å². The third kappa shape index (κ3) is 4.75. The fourth-order valence-electron chi connectivity index (χ4n) is 3.79. The number of amides is 2. The van der Waals surface area contributed by atoms with E-state index in [0.29, 0.717) is 42.3 Å². The van der Waals surface area contributed by atoms with Crippen LogP contribution in [0.4, 0.5) is 4.39 Å². The SMILES string of the molecule is COc1ccc(Cl)cc1C(=O)N1CCC(C(=O)N(C)C(C)c2ccc(F)cc2)CC1. The van der Waals surface area contributed by atoms with E-state index in [2.05, 4.69) is 0 Å². The number of rotatable bonds is 5. The van der Waals surface area contributed by atoms with Crippen LogP contribution in [0.2, 0.25) is 5.02 Å². The number of likely N-dealkylation sites (tertiary alicyclic amines) is 1. The summed E-state index contributed by atoms with van der Waals surface area (Å²) in [7, 11) is 3.29. The molecule has 0 aliphatic carbocycles. The number of nitrogens with zero attached hydrogens (tertiary/aromatic N) is 2. The van der Waals surface area contributed by atoms with Gasteiger partial charge in [0.05, 0.1) is 18.7 Å². The van der Waals surface area contributed by atoms with Crippen LogP contribution in [0, 0.1) is 11.7 Å². The van der Waals surface area contributed by atoms with Crippen molar-refractivity contribution in [2.45, 2.75) is 25.8 Å². The van der Waals surface area contributed by atoms with Gasteiger partial charge in [0.1, 0.15) is 11.6 Å². The van der Waals surface area contributed by atoms with Crippen LogP contribution in [0.25, 0.3) is 0 Å². The van der Waals surface area contributed by atoms with Crippen molar-refractivity contribution in [2.24, 2.45) is 5.92 Å². The third-order valence-electron chi connectivity index (χ3n) is 5.80. The zero-order valence-corrected chi connectivity index (χ0v) is 18.2. The molecule has 3 rings (SSSR count). The van der Waals surface area contributed by atoms with Crippen LogP contribution in [0.1, 0.15) is 41.7 Å². The van der Waals surface area contributed by atoms with Crippen molar-refractivity contribution in [3.8, 4) is 5.75 Å². The fraction of sp³-hybridized carbons (Fsp3) is 0.391. The maximum Gasteiger partial charge on any atom is 0.257 e. The smallest absolute Gasteiger partial charge is 0.257 e. The quantitative estimate of drug-likeness (QED) is 0.696. The Morgan fingerprint density at radius 3 is 2.40 bits per heavy atom.